The third kappa shape index (κ3) is 7.45. The van der Waals surface area contributed by atoms with Crippen LogP contribution in [0.1, 0.15) is 90.9 Å². The molecule has 0 aromatic rings. The van der Waals surface area contributed by atoms with Gasteiger partial charge in [-0.25, -0.2) is 4.58 Å². The van der Waals surface area contributed by atoms with Gasteiger partial charge >= 0.3 is 0 Å². The third-order valence-corrected chi connectivity index (χ3v) is 7.33. The van der Waals surface area contributed by atoms with E-state index < -0.39 is 6.29 Å². The van der Waals surface area contributed by atoms with Crippen molar-refractivity contribution in [2.24, 2.45) is 22.7 Å². The van der Waals surface area contributed by atoms with Gasteiger partial charge in [0.15, 0.2) is 12.5 Å². The molecule has 2 rings (SSSR count). The fraction of sp³-hybridized carbons (Fsp3) is 0.917. The van der Waals surface area contributed by atoms with Crippen LogP contribution in [0, 0.1) is 17.8 Å². The molecule has 2 saturated carbocycles. The maximum absolute atomic E-state index is 9.58. The molecule has 2 aliphatic rings. The van der Waals surface area contributed by atoms with Gasteiger partial charge in [0, 0.05) is 18.4 Å². The lowest BCUT2D eigenvalue weighted by Crippen LogP contribution is -2.45. The van der Waals surface area contributed by atoms with Crippen molar-refractivity contribution in [1.82, 2.24) is 4.90 Å². The van der Waals surface area contributed by atoms with Gasteiger partial charge < -0.3 is 10.2 Å². The standard InChI is InChI=1S/C24H46N3O2/c1-6-7-11-19-14-15-20(19)17-22(26(3)4)25-24(18(2)16-23(28)29)27(5)21-12-9-8-10-13-21/h18-21,23-24,28-29H,3,6-17H2,1-2,4-5H3/q+1. The molecule has 0 spiro atoms. The van der Waals surface area contributed by atoms with Crippen molar-refractivity contribution in [1.29, 1.82) is 0 Å². The van der Waals surface area contributed by atoms with Crippen molar-refractivity contribution in [3.63, 3.8) is 0 Å². The smallest absolute Gasteiger partial charge is 0.293 e. The van der Waals surface area contributed by atoms with E-state index in [9.17, 15) is 10.2 Å². The highest BCUT2D eigenvalue weighted by Gasteiger charge is 2.37. The number of hydrogen-bond donors (Lipinski definition) is 2. The molecule has 2 N–H and O–H groups in total. The number of amidine groups is 1. The van der Waals surface area contributed by atoms with Crippen LogP contribution in [0.3, 0.4) is 0 Å². The van der Waals surface area contributed by atoms with Gasteiger partial charge in [-0.15, -0.1) is 0 Å². The molecule has 29 heavy (non-hydrogen) atoms. The summed E-state index contributed by atoms with van der Waals surface area (Å²) in [5.74, 6) is 2.72. The number of aliphatic hydroxyl groups excluding tert-OH is 1. The summed E-state index contributed by atoms with van der Waals surface area (Å²) in [5, 5.41) is 19.2. The first kappa shape index (κ1) is 24.5. The van der Waals surface area contributed by atoms with Gasteiger partial charge in [-0.05, 0) is 44.6 Å². The van der Waals surface area contributed by atoms with Gasteiger partial charge in [-0.1, -0.05) is 57.4 Å². The summed E-state index contributed by atoms with van der Waals surface area (Å²) < 4.78 is 1.94. The van der Waals surface area contributed by atoms with Gasteiger partial charge in [0.2, 0.25) is 0 Å². The summed E-state index contributed by atoms with van der Waals surface area (Å²) in [6, 6.07) is 0.535. The molecule has 5 nitrogen and oxygen atoms in total. The third-order valence-electron chi connectivity index (χ3n) is 7.33. The van der Waals surface area contributed by atoms with Gasteiger partial charge in [0.1, 0.15) is 0 Å². The lowest BCUT2D eigenvalue weighted by atomic mass is 9.69. The second-order valence-electron chi connectivity index (χ2n) is 9.75. The Morgan fingerprint density at radius 3 is 2.31 bits per heavy atom. The van der Waals surface area contributed by atoms with Crippen LogP contribution in [-0.4, -0.2) is 64.8 Å². The van der Waals surface area contributed by atoms with Crippen LogP contribution in [0.25, 0.3) is 0 Å². The molecule has 0 aromatic heterocycles. The minimum absolute atomic E-state index is 0.0340. The number of unbranched alkanes of at least 4 members (excludes halogenated alkanes) is 1. The summed E-state index contributed by atoms with van der Waals surface area (Å²) in [4.78, 5) is 7.63. The largest absolute Gasteiger partial charge is 0.368 e. The highest BCUT2D eigenvalue weighted by molar-refractivity contribution is 5.76. The molecule has 0 aliphatic heterocycles. The molecule has 4 unspecified atom stereocenters. The molecule has 2 aliphatic carbocycles. The Bertz CT molecular complexity index is 528. The van der Waals surface area contributed by atoms with Gasteiger partial charge in [-0.3, -0.25) is 4.90 Å². The fourth-order valence-corrected chi connectivity index (χ4v) is 5.23. The van der Waals surface area contributed by atoms with Crippen molar-refractivity contribution in [2.75, 3.05) is 14.1 Å². The molecule has 4 atom stereocenters. The summed E-state index contributed by atoms with van der Waals surface area (Å²) in [6.45, 7) is 8.54. The van der Waals surface area contributed by atoms with E-state index in [0.717, 1.165) is 24.1 Å². The molecular weight excluding hydrogens is 362 g/mol. The number of hydrogen-bond acceptors (Lipinski definition) is 4. The van der Waals surface area contributed by atoms with E-state index in [2.05, 4.69) is 32.5 Å². The monoisotopic (exact) mass is 408 g/mol. The van der Waals surface area contributed by atoms with Crippen molar-refractivity contribution in [3.05, 3.63) is 0 Å². The Morgan fingerprint density at radius 2 is 1.79 bits per heavy atom. The Kier molecular flexibility index (Phi) is 10.3. The summed E-state index contributed by atoms with van der Waals surface area (Å²) in [6.07, 6.45) is 13.0. The summed E-state index contributed by atoms with van der Waals surface area (Å²) in [7, 11) is 4.18. The van der Waals surface area contributed by atoms with E-state index in [-0.39, 0.29) is 12.1 Å². The highest BCUT2D eigenvalue weighted by Crippen LogP contribution is 2.40. The van der Waals surface area contributed by atoms with Gasteiger partial charge in [0.25, 0.3) is 5.84 Å². The van der Waals surface area contributed by atoms with Crippen LogP contribution in [0.2, 0.25) is 0 Å². The number of aliphatic imine (C=N–C) groups is 1. The van der Waals surface area contributed by atoms with Crippen LogP contribution >= 0.6 is 0 Å². The molecule has 0 radical (unpaired) electrons. The zero-order valence-electron chi connectivity index (χ0n) is 19.4. The number of rotatable bonds is 11. The van der Waals surface area contributed by atoms with Crippen LogP contribution < -0.4 is 0 Å². The minimum Gasteiger partial charge on any atom is -0.368 e. The summed E-state index contributed by atoms with van der Waals surface area (Å²) >= 11 is 0. The second kappa shape index (κ2) is 12.2. The number of nitrogens with zero attached hydrogens (tertiary/aromatic N) is 3. The predicted molar refractivity (Wildman–Crippen MR) is 122 cm³/mol. The van der Waals surface area contributed by atoms with Crippen LogP contribution in [0.5, 0.6) is 0 Å². The average molecular weight is 409 g/mol. The highest BCUT2D eigenvalue weighted by atomic mass is 16.5. The van der Waals surface area contributed by atoms with Crippen molar-refractivity contribution in [3.8, 4) is 0 Å². The fourth-order valence-electron chi connectivity index (χ4n) is 5.23. The number of aliphatic hydroxyl groups is 2. The quantitative estimate of drug-likeness (QED) is 0.232. The molecular formula is C24H46N3O2+. The Balaban J connectivity index is 2.16. The zero-order chi connectivity index (χ0) is 21.4. The normalized spacial score (nSPS) is 25.9. The Morgan fingerprint density at radius 1 is 1.14 bits per heavy atom. The Labute approximate surface area is 178 Å². The molecule has 0 amide bonds. The topological polar surface area (TPSA) is 59.1 Å². The van der Waals surface area contributed by atoms with Crippen molar-refractivity contribution >= 4 is 12.6 Å². The van der Waals surface area contributed by atoms with Crippen LogP contribution in [-0.2, 0) is 0 Å². The first-order valence-electron chi connectivity index (χ1n) is 12.0. The summed E-state index contributed by atoms with van der Waals surface area (Å²) in [5.41, 5.74) is 0. The lowest BCUT2D eigenvalue weighted by molar-refractivity contribution is -0.365. The molecule has 5 heteroatoms. The second-order valence-corrected chi connectivity index (χ2v) is 9.75. The molecule has 168 valence electrons. The van der Waals surface area contributed by atoms with E-state index in [4.69, 9.17) is 4.99 Å². The zero-order valence-corrected chi connectivity index (χ0v) is 19.4. The van der Waals surface area contributed by atoms with Crippen molar-refractivity contribution < 1.29 is 14.8 Å². The minimum atomic E-state index is -1.28. The molecule has 0 aromatic carbocycles. The van der Waals surface area contributed by atoms with E-state index in [0.29, 0.717) is 12.5 Å². The van der Waals surface area contributed by atoms with Crippen LogP contribution in [0.4, 0.5) is 0 Å². The van der Waals surface area contributed by atoms with E-state index >= 15 is 0 Å². The molecule has 0 bridgehead atoms. The first-order chi connectivity index (χ1) is 13.8. The van der Waals surface area contributed by atoms with Crippen LogP contribution in [0.15, 0.2) is 4.99 Å². The lowest BCUT2D eigenvalue weighted by Gasteiger charge is -2.37. The maximum atomic E-state index is 9.58. The average Bonchev–Trinajstić information content (AvgIpc) is 2.66. The van der Waals surface area contributed by atoms with Crippen molar-refractivity contribution in [2.45, 2.75) is 109 Å². The van der Waals surface area contributed by atoms with Gasteiger partial charge in [0.05, 0.1) is 20.2 Å². The molecule has 2 fully saturated rings. The molecule has 0 heterocycles. The van der Waals surface area contributed by atoms with E-state index in [1.807, 2.05) is 11.6 Å². The van der Waals surface area contributed by atoms with Gasteiger partial charge in [-0.2, -0.15) is 0 Å². The predicted octanol–water partition coefficient (Wildman–Crippen LogP) is 4.26. The molecule has 0 saturated heterocycles. The van der Waals surface area contributed by atoms with E-state index in [1.165, 1.54) is 64.2 Å². The maximum Gasteiger partial charge on any atom is 0.293 e. The SMILES string of the molecule is C=[N+](C)C(CC1CCC1CCCC)=NC(C(C)CC(O)O)N(C)C1CCCCC1. The first-order valence-corrected chi connectivity index (χ1v) is 12.0. The Hall–Kier alpha value is -0.780. The van der Waals surface area contributed by atoms with E-state index in [1.54, 1.807) is 0 Å².